The second-order valence-electron chi connectivity index (χ2n) is 7.40. The van der Waals surface area contributed by atoms with E-state index >= 15 is 0 Å². The van der Waals surface area contributed by atoms with E-state index < -0.39 is 6.04 Å². The molecule has 8 heteroatoms. The number of rotatable bonds is 6. The average Bonchev–Trinajstić information content (AvgIpc) is 3.15. The second kappa shape index (κ2) is 8.93. The normalized spacial score (nSPS) is 15.4. The van der Waals surface area contributed by atoms with E-state index in [-0.39, 0.29) is 11.7 Å². The Kier molecular flexibility index (Phi) is 6.08. The maximum atomic E-state index is 14.1. The molecule has 1 aromatic heterocycles. The van der Waals surface area contributed by atoms with E-state index in [9.17, 15) is 9.18 Å². The van der Waals surface area contributed by atoms with Crippen molar-refractivity contribution >= 4 is 29.3 Å². The van der Waals surface area contributed by atoms with Gasteiger partial charge in [-0.2, -0.15) is 4.98 Å². The number of carbonyl (C=O) groups is 1. The molecule has 1 unspecified atom stereocenters. The van der Waals surface area contributed by atoms with Gasteiger partial charge in [-0.3, -0.25) is 4.79 Å². The summed E-state index contributed by atoms with van der Waals surface area (Å²) in [5.74, 6) is 0.797. The summed E-state index contributed by atoms with van der Waals surface area (Å²) >= 11 is 1.55. The highest BCUT2D eigenvalue weighted by Crippen LogP contribution is 2.37. The van der Waals surface area contributed by atoms with Crippen LogP contribution in [-0.4, -0.2) is 26.4 Å². The Morgan fingerprint density at radius 3 is 2.77 bits per heavy atom. The molecule has 2 aromatic carbocycles. The SMILES string of the molecule is CCCSc1nc2n(n1)C(c1cccc(F)c1)C(C(=O)Nc1ccccc1C)=C(C)N2. The molecule has 0 saturated carbocycles. The number of para-hydroxylation sites is 1. The molecule has 0 fully saturated rings. The number of hydrogen-bond donors (Lipinski definition) is 2. The third kappa shape index (κ3) is 4.34. The van der Waals surface area contributed by atoms with Gasteiger partial charge in [-0.05, 0) is 49.6 Å². The first-order valence-corrected chi connectivity index (χ1v) is 11.2. The predicted molar refractivity (Wildman–Crippen MR) is 122 cm³/mol. The van der Waals surface area contributed by atoms with Gasteiger partial charge in [0.05, 0.1) is 5.57 Å². The van der Waals surface area contributed by atoms with Crippen LogP contribution in [0.2, 0.25) is 0 Å². The highest BCUT2D eigenvalue weighted by atomic mass is 32.2. The molecule has 0 bridgehead atoms. The highest BCUT2D eigenvalue weighted by molar-refractivity contribution is 7.99. The number of benzene rings is 2. The molecular weight excluding hydrogens is 413 g/mol. The average molecular weight is 438 g/mol. The summed E-state index contributed by atoms with van der Waals surface area (Å²) in [5.41, 5.74) is 3.45. The van der Waals surface area contributed by atoms with Crippen LogP contribution in [0.3, 0.4) is 0 Å². The molecule has 1 amide bonds. The molecular formula is C23H24FN5OS. The molecule has 160 valence electrons. The third-order valence-electron chi connectivity index (χ3n) is 5.07. The minimum absolute atomic E-state index is 0.266. The first-order valence-electron chi connectivity index (χ1n) is 10.2. The number of halogens is 1. The van der Waals surface area contributed by atoms with Gasteiger partial charge in [0.1, 0.15) is 11.9 Å². The summed E-state index contributed by atoms with van der Waals surface area (Å²) in [4.78, 5) is 18.0. The van der Waals surface area contributed by atoms with Gasteiger partial charge in [-0.25, -0.2) is 9.07 Å². The van der Waals surface area contributed by atoms with Crippen molar-refractivity contribution in [2.24, 2.45) is 0 Å². The van der Waals surface area contributed by atoms with Gasteiger partial charge in [0, 0.05) is 17.1 Å². The lowest BCUT2D eigenvalue weighted by Crippen LogP contribution is -2.31. The summed E-state index contributed by atoms with van der Waals surface area (Å²) in [6.45, 7) is 5.86. The molecule has 0 spiro atoms. The Labute approximate surface area is 185 Å². The van der Waals surface area contributed by atoms with Crippen molar-refractivity contribution < 1.29 is 9.18 Å². The standard InChI is InChI=1S/C23H24FN5OS/c1-4-12-31-23-27-22-25-15(3)19(21(30)26-18-11-6-5-8-14(18)2)20(29(22)28-23)16-9-7-10-17(24)13-16/h5-11,13,20H,4,12H2,1-3H3,(H,26,30)(H,25,27,28). The molecule has 2 N–H and O–H groups in total. The number of thioether (sulfide) groups is 1. The molecule has 6 nitrogen and oxygen atoms in total. The van der Waals surface area contributed by atoms with Gasteiger partial charge in [-0.15, -0.1) is 5.10 Å². The van der Waals surface area contributed by atoms with Crippen molar-refractivity contribution in [3.63, 3.8) is 0 Å². The summed E-state index contributed by atoms with van der Waals surface area (Å²) in [7, 11) is 0. The summed E-state index contributed by atoms with van der Waals surface area (Å²) in [6, 6.07) is 13.3. The highest BCUT2D eigenvalue weighted by Gasteiger charge is 2.34. The number of hydrogen-bond acceptors (Lipinski definition) is 5. The molecule has 1 aliphatic heterocycles. The topological polar surface area (TPSA) is 71.8 Å². The van der Waals surface area contributed by atoms with E-state index in [2.05, 4.69) is 27.6 Å². The van der Waals surface area contributed by atoms with Crippen LogP contribution in [0.25, 0.3) is 0 Å². The van der Waals surface area contributed by atoms with Crippen LogP contribution in [0.1, 0.15) is 37.4 Å². The quantitative estimate of drug-likeness (QED) is 0.522. The maximum Gasteiger partial charge on any atom is 0.255 e. The summed E-state index contributed by atoms with van der Waals surface area (Å²) in [6.07, 6.45) is 0.997. The Bertz CT molecular complexity index is 1160. The number of fused-ring (bicyclic) bond motifs is 1. The zero-order valence-electron chi connectivity index (χ0n) is 17.6. The smallest absolute Gasteiger partial charge is 0.255 e. The largest absolute Gasteiger partial charge is 0.328 e. The van der Waals surface area contributed by atoms with Crippen LogP contribution in [0, 0.1) is 12.7 Å². The van der Waals surface area contributed by atoms with Crippen LogP contribution in [-0.2, 0) is 4.79 Å². The third-order valence-corrected chi connectivity index (χ3v) is 6.11. The van der Waals surface area contributed by atoms with E-state index in [0.717, 1.165) is 23.4 Å². The van der Waals surface area contributed by atoms with E-state index in [4.69, 9.17) is 0 Å². The van der Waals surface area contributed by atoms with Crippen molar-refractivity contribution in [2.75, 3.05) is 16.4 Å². The molecule has 0 saturated heterocycles. The summed E-state index contributed by atoms with van der Waals surface area (Å²) < 4.78 is 15.8. The van der Waals surface area contributed by atoms with Crippen molar-refractivity contribution in [1.29, 1.82) is 0 Å². The van der Waals surface area contributed by atoms with Gasteiger partial charge in [0.15, 0.2) is 0 Å². The Morgan fingerprint density at radius 1 is 1.23 bits per heavy atom. The van der Waals surface area contributed by atoms with Gasteiger partial charge in [-0.1, -0.05) is 49.0 Å². The first-order chi connectivity index (χ1) is 15.0. The fourth-order valence-electron chi connectivity index (χ4n) is 3.57. The van der Waals surface area contributed by atoms with Gasteiger partial charge < -0.3 is 10.6 Å². The van der Waals surface area contributed by atoms with Gasteiger partial charge in [0.2, 0.25) is 11.1 Å². The lowest BCUT2D eigenvalue weighted by Gasteiger charge is -2.28. The van der Waals surface area contributed by atoms with E-state index in [1.165, 1.54) is 12.1 Å². The van der Waals surface area contributed by atoms with E-state index in [1.807, 2.05) is 38.1 Å². The number of nitrogens with one attached hydrogen (secondary N) is 2. The van der Waals surface area contributed by atoms with Gasteiger partial charge in [0.25, 0.3) is 5.91 Å². The van der Waals surface area contributed by atoms with Crippen LogP contribution in [0.5, 0.6) is 0 Å². The zero-order valence-corrected chi connectivity index (χ0v) is 18.5. The van der Waals surface area contributed by atoms with Crippen molar-refractivity contribution in [3.8, 4) is 0 Å². The monoisotopic (exact) mass is 437 g/mol. The Balaban J connectivity index is 1.77. The number of aryl methyl sites for hydroxylation is 1. The fraction of sp³-hybridized carbons (Fsp3) is 0.261. The first kappa shape index (κ1) is 21.1. The van der Waals surface area contributed by atoms with E-state index in [1.54, 1.807) is 28.6 Å². The molecule has 4 rings (SSSR count). The number of carbonyl (C=O) groups excluding carboxylic acids is 1. The minimum atomic E-state index is -0.598. The van der Waals surface area contributed by atoms with E-state index in [0.29, 0.717) is 27.9 Å². The van der Waals surface area contributed by atoms with Crippen LogP contribution in [0.15, 0.2) is 65.0 Å². The zero-order chi connectivity index (χ0) is 22.0. The van der Waals surface area contributed by atoms with Crippen LogP contribution >= 0.6 is 11.8 Å². The molecule has 31 heavy (non-hydrogen) atoms. The molecule has 1 aliphatic rings. The lowest BCUT2D eigenvalue weighted by molar-refractivity contribution is -0.113. The number of anilines is 2. The van der Waals surface area contributed by atoms with Crippen LogP contribution < -0.4 is 10.6 Å². The summed E-state index contributed by atoms with van der Waals surface area (Å²) in [5, 5.41) is 11.5. The molecule has 3 aromatic rings. The Hall–Kier alpha value is -3.13. The fourth-order valence-corrected chi connectivity index (χ4v) is 4.25. The van der Waals surface area contributed by atoms with Crippen molar-refractivity contribution in [3.05, 3.63) is 76.7 Å². The second-order valence-corrected chi connectivity index (χ2v) is 8.46. The van der Waals surface area contributed by atoms with Gasteiger partial charge >= 0.3 is 0 Å². The van der Waals surface area contributed by atoms with Crippen LogP contribution in [0.4, 0.5) is 16.0 Å². The number of amides is 1. The number of allylic oxidation sites excluding steroid dienone is 1. The number of nitrogens with zero attached hydrogens (tertiary/aromatic N) is 3. The lowest BCUT2D eigenvalue weighted by atomic mass is 9.95. The molecule has 2 heterocycles. The number of aromatic nitrogens is 3. The molecule has 1 atom stereocenters. The molecule has 0 radical (unpaired) electrons. The minimum Gasteiger partial charge on any atom is -0.328 e. The van der Waals surface area contributed by atoms with Crippen molar-refractivity contribution in [2.45, 2.75) is 38.4 Å². The Morgan fingerprint density at radius 2 is 2.03 bits per heavy atom. The van der Waals surface area contributed by atoms with Crippen molar-refractivity contribution in [1.82, 2.24) is 14.8 Å². The predicted octanol–water partition coefficient (Wildman–Crippen LogP) is 5.16. The maximum absolute atomic E-state index is 14.1. The molecule has 0 aliphatic carbocycles.